The third-order valence-corrected chi connectivity index (χ3v) is 2.83. The zero-order valence-electron chi connectivity index (χ0n) is 9.22. The molecule has 0 aromatic carbocycles. The van der Waals surface area contributed by atoms with Gasteiger partial charge in [-0.1, -0.05) is 0 Å². The molecule has 0 aliphatic carbocycles. The minimum absolute atomic E-state index is 0.108. The van der Waals surface area contributed by atoms with Gasteiger partial charge in [-0.05, 0) is 12.1 Å². The van der Waals surface area contributed by atoms with Crippen LogP contribution in [0.15, 0.2) is 18.3 Å². The molecule has 1 fully saturated rings. The van der Waals surface area contributed by atoms with Crippen molar-refractivity contribution in [2.24, 2.45) is 0 Å². The SMILES string of the molecule is COC(=O)c1ncccc1N1CC(Cl)CC1=O. The number of halogens is 1. The van der Waals surface area contributed by atoms with E-state index in [2.05, 4.69) is 9.72 Å². The number of rotatable bonds is 2. The molecule has 1 aromatic heterocycles. The van der Waals surface area contributed by atoms with Crippen molar-refractivity contribution >= 4 is 29.2 Å². The van der Waals surface area contributed by atoms with Gasteiger partial charge in [-0.25, -0.2) is 9.78 Å². The summed E-state index contributed by atoms with van der Waals surface area (Å²) in [6, 6.07) is 3.32. The van der Waals surface area contributed by atoms with Gasteiger partial charge >= 0.3 is 5.97 Å². The molecule has 1 aliphatic rings. The van der Waals surface area contributed by atoms with E-state index in [9.17, 15) is 9.59 Å². The Balaban J connectivity index is 2.38. The fourth-order valence-electron chi connectivity index (χ4n) is 1.77. The zero-order valence-corrected chi connectivity index (χ0v) is 9.98. The normalized spacial score (nSPS) is 19.5. The average Bonchev–Trinajstić information content (AvgIpc) is 2.67. The molecule has 1 saturated heterocycles. The molecule has 0 radical (unpaired) electrons. The van der Waals surface area contributed by atoms with Crippen molar-refractivity contribution < 1.29 is 14.3 Å². The minimum atomic E-state index is -0.563. The van der Waals surface area contributed by atoms with Gasteiger partial charge in [0.15, 0.2) is 5.69 Å². The van der Waals surface area contributed by atoms with E-state index in [-0.39, 0.29) is 23.4 Å². The van der Waals surface area contributed by atoms with Crippen molar-refractivity contribution in [3.8, 4) is 0 Å². The highest BCUT2D eigenvalue weighted by molar-refractivity contribution is 6.24. The van der Waals surface area contributed by atoms with Crippen LogP contribution in [0, 0.1) is 0 Å². The van der Waals surface area contributed by atoms with E-state index >= 15 is 0 Å². The van der Waals surface area contributed by atoms with Crippen molar-refractivity contribution in [1.82, 2.24) is 4.98 Å². The lowest BCUT2D eigenvalue weighted by Gasteiger charge is -2.17. The van der Waals surface area contributed by atoms with Crippen LogP contribution in [-0.4, -0.2) is 35.9 Å². The molecule has 2 heterocycles. The molecule has 1 amide bonds. The smallest absolute Gasteiger partial charge is 0.358 e. The molecule has 1 aromatic rings. The second kappa shape index (κ2) is 4.71. The lowest BCUT2D eigenvalue weighted by atomic mass is 10.2. The number of amides is 1. The highest BCUT2D eigenvalue weighted by Gasteiger charge is 2.32. The van der Waals surface area contributed by atoms with Gasteiger partial charge in [0.25, 0.3) is 0 Å². The summed E-state index contributed by atoms with van der Waals surface area (Å²) < 4.78 is 4.63. The molecule has 0 N–H and O–H groups in total. The van der Waals surface area contributed by atoms with Gasteiger partial charge in [-0.3, -0.25) is 4.79 Å². The molecule has 17 heavy (non-hydrogen) atoms. The van der Waals surface area contributed by atoms with Crippen LogP contribution < -0.4 is 4.90 Å². The highest BCUT2D eigenvalue weighted by Crippen LogP contribution is 2.26. The fraction of sp³-hybridized carbons (Fsp3) is 0.364. The number of anilines is 1. The van der Waals surface area contributed by atoms with Gasteiger partial charge in [0.2, 0.25) is 5.91 Å². The van der Waals surface area contributed by atoms with E-state index in [1.54, 1.807) is 12.1 Å². The Morgan fingerprint density at radius 2 is 2.41 bits per heavy atom. The van der Waals surface area contributed by atoms with Crippen LogP contribution >= 0.6 is 11.6 Å². The molecule has 5 nitrogen and oxygen atoms in total. The van der Waals surface area contributed by atoms with Crippen LogP contribution in [0.5, 0.6) is 0 Å². The van der Waals surface area contributed by atoms with E-state index in [0.717, 1.165) is 0 Å². The molecule has 1 unspecified atom stereocenters. The summed E-state index contributed by atoms with van der Waals surface area (Å²) >= 11 is 5.92. The largest absolute Gasteiger partial charge is 0.464 e. The Morgan fingerprint density at radius 1 is 1.65 bits per heavy atom. The summed E-state index contributed by atoms with van der Waals surface area (Å²) in [4.78, 5) is 28.6. The predicted molar refractivity (Wildman–Crippen MR) is 62.2 cm³/mol. The Morgan fingerprint density at radius 3 is 3.00 bits per heavy atom. The van der Waals surface area contributed by atoms with Crippen molar-refractivity contribution in [1.29, 1.82) is 0 Å². The van der Waals surface area contributed by atoms with Gasteiger partial charge in [0.1, 0.15) is 0 Å². The maximum atomic E-state index is 11.7. The molecule has 0 bridgehead atoms. The van der Waals surface area contributed by atoms with E-state index in [1.807, 2.05) is 0 Å². The number of alkyl halides is 1. The van der Waals surface area contributed by atoms with Gasteiger partial charge in [-0.2, -0.15) is 0 Å². The highest BCUT2D eigenvalue weighted by atomic mass is 35.5. The van der Waals surface area contributed by atoms with Crippen LogP contribution in [-0.2, 0) is 9.53 Å². The molecular weight excluding hydrogens is 244 g/mol. The molecule has 0 saturated carbocycles. The van der Waals surface area contributed by atoms with Crippen LogP contribution in [0.25, 0.3) is 0 Å². The molecular formula is C11H11ClN2O3. The lowest BCUT2D eigenvalue weighted by molar-refractivity contribution is -0.117. The lowest BCUT2D eigenvalue weighted by Crippen LogP contribution is -2.27. The number of hydrogen-bond acceptors (Lipinski definition) is 4. The first-order valence-electron chi connectivity index (χ1n) is 5.11. The molecule has 0 spiro atoms. The van der Waals surface area contributed by atoms with Crippen LogP contribution in [0.2, 0.25) is 0 Å². The molecule has 6 heteroatoms. The first-order chi connectivity index (χ1) is 8.13. The third-order valence-electron chi connectivity index (χ3n) is 2.53. The maximum Gasteiger partial charge on any atom is 0.358 e. The number of esters is 1. The molecule has 1 aliphatic heterocycles. The van der Waals surface area contributed by atoms with Crippen molar-refractivity contribution in [2.45, 2.75) is 11.8 Å². The number of nitrogens with zero attached hydrogens (tertiary/aromatic N) is 2. The van der Waals surface area contributed by atoms with Crippen molar-refractivity contribution in [2.75, 3.05) is 18.6 Å². The van der Waals surface area contributed by atoms with E-state index in [1.165, 1.54) is 18.2 Å². The second-order valence-corrected chi connectivity index (χ2v) is 4.29. The number of aromatic nitrogens is 1. The first-order valence-corrected chi connectivity index (χ1v) is 5.55. The third kappa shape index (κ3) is 2.24. The number of pyridine rings is 1. The number of ether oxygens (including phenoxy) is 1. The zero-order chi connectivity index (χ0) is 12.4. The van der Waals surface area contributed by atoms with Crippen LogP contribution in [0.3, 0.4) is 0 Å². The summed E-state index contributed by atoms with van der Waals surface area (Å²) in [5.74, 6) is -0.672. The molecule has 1 atom stereocenters. The summed E-state index contributed by atoms with van der Waals surface area (Å²) in [6.07, 6.45) is 1.76. The van der Waals surface area contributed by atoms with Crippen LogP contribution in [0.1, 0.15) is 16.9 Å². The number of methoxy groups -OCH3 is 1. The Bertz CT molecular complexity index is 464. The van der Waals surface area contributed by atoms with E-state index < -0.39 is 5.97 Å². The average molecular weight is 255 g/mol. The molecule has 2 rings (SSSR count). The predicted octanol–water partition coefficient (Wildman–Crippen LogP) is 1.21. The minimum Gasteiger partial charge on any atom is -0.464 e. The summed E-state index contributed by atoms with van der Waals surface area (Å²) in [6.45, 7) is 0.385. The monoisotopic (exact) mass is 254 g/mol. The summed E-state index contributed by atoms with van der Waals surface area (Å²) in [5.41, 5.74) is 0.585. The van der Waals surface area contributed by atoms with E-state index in [0.29, 0.717) is 12.2 Å². The van der Waals surface area contributed by atoms with Gasteiger partial charge in [-0.15, -0.1) is 11.6 Å². The number of hydrogen-bond donors (Lipinski definition) is 0. The quantitative estimate of drug-likeness (QED) is 0.588. The second-order valence-electron chi connectivity index (χ2n) is 3.67. The summed E-state index contributed by atoms with van der Waals surface area (Å²) in [5, 5.41) is -0.229. The van der Waals surface area contributed by atoms with Gasteiger partial charge < -0.3 is 9.64 Å². The number of carbonyl (C=O) groups excluding carboxylic acids is 2. The van der Waals surface area contributed by atoms with Crippen molar-refractivity contribution in [3.63, 3.8) is 0 Å². The fourth-order valence-corrected chi connectivity index (χ4v) is 2.04. The first kappa shape index (κ1) is 11.9. The van der Waals surface area contributed by atoms with Crippen LogP contribution in [0.4, 0.5) is 5.69 Å². The van der Waals surface area contributed by atoms with Crippen molar-refractivity contribution in [3.05, 3.63) is 24.0 Å². The topological polar surface area (TPSA) is 59.5 Å². The van der Waals surface area contributed by atoms with Gasteiger partial charge in [0, 0.05) is 19.2 Å². The number of carbonyl (C=O) groups is 2. The summed E-state index contributed by atoms with van der Waals surface area (Å²) in [7, 11) is 1.27. The standard InChI is InChI=1S/C11H11ClN2O3/c1-17-11(16)10-8(3-2-4-13-10)14-6-7(12)5-9(14)15/h2-4,7H,5-6H2,1H3. The Kier molecular flexibility index (Phi) is 3.28. The van der Waals surface area contributed by atoms with E-state index in [4.69, 9.17) is 11.6 Å². The molecule has 90 valence electrons. The van der Waals surface area contributed by atoms with Gasteiger partial charge in [0.05, 0.1) is 18.2 Å². The Labute approximate surface area is 103 Å². The maximum absolute atomic E-state index is 11.7. The Hall–Kier alpha value is -1.62.